The van der Waals surface area contributed by atoms with Gasteiger partial charge in [0.05, 0.1) is 7.11 Å². The summed E-state index contributed by atoms with van der Waals surface area (Å²) < 4.78 is 5.22. The average molecular weight is 277 g/mol. The lowest BCUT2D eigenvalue weighted by Gasteiger charge is -2.44. The van der Waals surface area contributed by atoms with E-state index in [-0.39, 0.29) is 5.75 Å². The van der Waals surface area contributed by atoms with Crippen LogP contribution < -0.4 is 4.74 Å². The summed E-state index contributed by atoms with van der Waals surface area (Å²) >= 11 is 0. The van der Waals surface area contributed by atoms with E-state index in [1.807, 2.05) is 12.1 Å². The molecule has 0 spiro atoms. The summed E-state index contributed by atoms with van der Waals surface area (Å²) in [6.45, 7) is 10.4. The van der Waals surface area contributed by atoms with Gasteiger partial charge < -0.3 is 9.84 Å². The number of rotatable bonds is 3. The smallest absolute Gasteiger partial charge is 0.160 e. The maximum absolute atomic E-state index is 9.72. The third-order valence-corrected chi connectivity index (χ3v) is 4.83. The lowest BCUT2D eigenvalue weighted by atomic mass is 9.84. The van der Waals surface area contributed by atoms with Crippen molar-refractivity contribution in [2.75, 3.05) is 13.7 Å². The molecule has 0 aromatic heterocycles. The summed E-state index contributed by atoms with van der Waals surface area (Å²) in [6, 6.07) is 6.60. The quantitative estimate of drug-likeness (QED) is 0.911. The lowest BCUT2D eigenvalue weighted by molar-refractivity contribution is 0.0460. The van der Waals surface area contributed by atoms with Gasteiger partial charge in [-0.05, 0) is 49.8 Å². The highest BCUT2D eigenvalue weighted by atomic mass is 16.5. The highest BCUT2D eigenvalue weighted by Crippen LogP contribution is 2.36. The zero-order chi connectivity index (χ0) is 14.9. The van der Waals surface area contributed by atoms with Crippen LogP contribution in [0.25, 0.3) is 0 Å². The zero-order valence-corrected chi connectivity index (χ0v) is 13.3. The third kappa shape index (κ3) is 2.93. The van der Waals surface area contributed by atoms with E-state index in [0.717, 1.165) is 18.4 Å². The van der Waals surface area contributed by atoms with Crippen molar-refractivity contribution in [2.45, 2.75) is 46.2 Å². The van der Waals surface area contributed by atoms with Crippen molar-refractivity contribution in [3.63, 3.8) is 0 Å². The van der Waals surface area contributed by atoms with E-state index in [2.05, 4.69) is 32.6 Å². The number of ether oxygens (including phenoxy) is 1. The first kappa shape index (κ1) is 15.2. The van der Waals surface area contributed by atoms with Crippen LogP contribution in [0.5, 0.6) is 11.5 Å². The fraction of sp³-hybridized carbons (Fsp3) is 0.647. The molecule has 1 aliphatic heterocycles. The van der Waals surface area contributed by atoms with E-state index >= 15 is 0 Å². The van der Waals surface area contributed by atoms with E-state index in [9.17, 15) is 5.11 Å². The van der Waals surface area contributed by atoms with Crippen LogP contribution in [0.2, 0.25) is 0 Å². The number of likely N-dealkylation sites (tertiary alicyclic amines) is 1. The number of methoxy groups -OCH3 is 1. The minimum Gasteiger partial charge on any atom is -0.504 e. The number of piperidine rings is 1. The molecule has 0 amide bonds. The maximum atomic E-state index is 9.72. The molecule has 0 aliphatic carbocycles. The fourth-order valence-electron chi connectivity index (χ4n) is 3.42. The van der Waals surface area contributed by atoms with Crippen LogP contribution >= 0.6 is 0 Å². The minimum absolute atomic E-state index is 0.205. The Morgan fingerprint density at radius 1 is 1.30 bits per heavy atom. The Labute approximate surface area is 122 Å². The van der Waals surface area contributed by atoms with E-state index in [0.29, 0.717) is 17.8 Å². The van der Waals surface area contributed by atoms with Crippen molar-refractivity contribution in [3.8, 4) is 11.5 Å². The maximum Gasteiger partial charge on any atom is 0.160 e. The normalized spacial score (nSPS) is 29.1. The molecule has 0 radical (unpaired) electrons. The van der Waals surface area contributed by atoms with E-state index in [1.54, 1.807) is 13.2 Å². The Morgan fingerprint density at radius 3 is 2.65 bits per heavy atom. The molecular weight excluding hydrogens is 250 g/mol. The Bertz CT molecular complexity index is 460. The van der Waals surface area contributed by atoms with Crippen molar-refractivity contribution < 1.29 is 9.84 Å². The summed E-state index contributed by atoms with van der Waals surface area (Å²) in [4.78, 5) is 2.57. The largest absolute Gasteiger partial charge is 0.504 e. The second-order valence-corrected chi connectivity index (χ2v) is 6.36. The monoisotopic (exact) mass is 277 g/mol. The number of nitrogens with zero attached hydrogens (tertiary/aromatic N) is 1. The Hall–Kier alpha value is -1.22. The zero-order valence-electron chi connectivity index (χ0n) is 13.3. The molecule has 20 heavy (non-hydrogen) atoms. The van der Waals surface area contributed by atoms with Crippen molar-refractivity contribution in [2.24, 2.45) is 11.8 Å². The molecule has 112 valence electrons. The third-order valence-electron chi connectivity index (χ3n) is 4.83. The van der Waals surface area contributed by atoms with Gasteiger partial charge >= 0.3 is 0 Å². The summed E-state index contributed by atoms with van der Waals surface area (Å²) in [5.41, 5.74) is 1.20. The van der Waals surface area contributed by atoms with Gasteiger partial charge in [-0.3, -0.25) is 4.90 Å². The summed E-state index contributed by atoms with van der Waals surface area (Å²) in [7, 11) is 1.59. The molecule has 0 bridgehead atoms. The fourth-order valence-corrected chi connectivity index (χ4v) is 3.42. The van der Waals surface area contributed by atoms with Crippen LogP contribution in [0.1, 0.15) is 45.7 Å². The van der Waals surface area contributed by atoms with Gasteiger partial charge in [-0.1, -0.05) is 19.9 Å². The van der Waals surface area contributed by atoms with Gasteiger partial charge in [0.25, 0.3) is 0 Å². The summed E-state index contributed by atoms with van der Waals surface area (Å²) in [5.74, 6) is 2.22. The Morgan fingerprint density at radius 2 is 2.00 bits per heavy atom. The standard InChI is InChI=1S/C17H27NO2/c1-11-8-12(2)13(3)18(10-11)14(4)15-6-7-16(19)17(9-15)20-5/h6-7,9,11-14,19H,8,10H2,1-5H3. The number of aromatic hydroxyl groups is 1. The topological polar surface area (TPSA) is 32.7 Å². The second kappa shape index (κ2) is 6.04. The molecule has 3 nitrogen and oxygen atoms in total. The van der Waals surface area contributed by atoms with Gasteiger partial charge in [0.15, 0.2) is 11.5 Å². The van der Waals surface area contributed by atoms with Crippen molar-refractivity contribution >= 4 is 0 Å². The van der Waals surface area contributed by atoms with Crippen LogP contribution in [0.15, 0.2) is 18.2 Å². The predicted molar refractivity (Wildman–Crippen MR) is 82.2 cm³/mol. The first-order chi connectivity index (χ1) is 9.43. The predicted octanol–water partition coefficient (Wildman–Crippen LogP) is 3.83. The molecule has 0 saturated carbocycles. The van der Waals surface area contributed by atoms with Gasteiger partial charge in [-0.15, -0.1) is 0 Å². The molecule has 2 rings (SSSR count). The number of hydrogen-bond acceptors (Lipinski definition) is 3. The molecular formula is C17H27NO2. The molecule has 1 heterocycles. The minimum atomic E-state index is 0.205. The highest BCUT2D eigenvalue weighted by Gasteiger charge is 2.32. The molecule has 1 aromatic carbocycles. The number of phenolic OH excluding ortho intramolecular Hbond substituents is 1. The van der Waals surface area contributed by atoms with Crippen LogP contribution in [0, 0.1) is 11.8 Å². The van der Waals surface area contributed by atoms with Crippen LogP contribution in [0.4, 0.5) is 0 Å². The number of benzene rings is 1. The van der Waals surface area contributed by atoms with Crippen molar-refractivity contribution in [1.82, 2.24) is 4.90 Å². The summed E-state index contributed by atoms with van der Waals surface area (Å²) in [5, 5.41) is 9.72. The van der Waals surface area contributed by atoms with Gasteiger partial charge in [0, 0.05) is 18.6 Å². The SMILES string of the molecule is COc1cc(C(C)N2CC(C)CC(C)C2C)ccc1O. The molecule has 4 atom stereocenters. The Balaban J connectivity index is 2.23. The highest BCUT2D eigenvalue weighted by molar-refractivity contribution is 5.42. The lowest BCUT2D eigenvalue weighted by Crippen LogP contribution is -2.46. The van der Waals surface area contributed by atoms with Gasteiger partial charge in [-0.25, -0.2) is 0 Å². The number of hydrogen-bond donors (Lipinski definition) is 1. The van der Waals surface area contributed by atoms with Crippen molar-refractivity contribution in [3.05, 3.63) is 23.8 Å². The first-order valence-corrected chi connectivity index (χ1v) is 7.56. The molecule has 1 aliphatic rings. The van der Waals surface area contributed by atoms with Crippen LogP contribution in [-0.2, 0) is 0 Å². The van der Waals surface area contributed by atoms with E-state index in [1.165, 1.54) is 12.0 Å². The molecule has 3 heteroatoms. The molecule has 4 unspecified atom stereocenters. The van der Waals surface area contributed by atoms with E-state index < -0.39 is 0 Å². The molecule has 1 N–H and O–H groups in total. The van der Waals surface area contributed by atoms with Crippen LogP contribution in [0.3, 0.4) is 0 Å². The van der Waals surface area contributed by atoms with Gasteiger partial charge in [0.1, 0.15) is 0 Å². The number of phenols is 1. The van der Waals surface area contributed by atoms with Gasteiger partial charge in [0.2, 0.25) is 0 Å². The van der Waals surface area contributed by atoms with Gasteiger partial charge in [-0.2, -0.15) is 0 Å². The summed E-state index contributed by atoms with van der Waals surface area (Å²) in [6.07, 6.45) is 1.31. The molecule has 1 aromatic rings. The molecule has 1 saturated heterocycles. The first-order valence-electron chi connectivity index (χ1n) is 7.56. The Kier molecular flexibility index (Phi) is 4.59. The average Bonchev–Trinajstić information content (AvgIpc) is 2.42. The van der Waals surface area contributed by atoms with E-state index in [4.69, 9.17) is 4.74 Å². The van der Waals surface area contributed by atoms with Crippen LogP contribution in [-0.4, -0.2) is 29.7 Å². The van der Waals surface area contributed by atoms with Crippen molar-refractivity contribution in [1.29, 1.82) is 0 Å². The second-order valence-electron chi connectivity index (χ2n) is 6.36. The molecule has 1 fully saturated rings.